The summed E-state index contributed by atoms with van der Waals surface area (Å²) < 4.78 is 0. The quantitative estimate of drug-likeness (QED) is 0.619. The highest BCUT2D eigenvalue weighted by atomic mass is 32.1. The highest BCUT2D eigenvalue weighted by molar-refractivity contribution is 7.11. The van der Waals surface area contributed by atoms with Crippen molar-refractivity contribution in [3.63, 3.8) is 0 Å². The number of rotatable bonds is 6. The average molecular weight is 338 g/mol. The molecular weight excluding hydrogens is 306 g/mol. The molecule has 6 heteroatoms. The fraction of sp³-hybridized carbons (Fsp3) is 0.765. The van der Waals surface area contributed by atoms with Gasteiger partial charge in [-0.1, -0.05) is 13.3 Å². The van der Waals surface area contributed by atoms with Gasteiger partial charge in [-0.25, -0.2) is 9.98 Å². The van der Waals surface area contributed by atoms with E-state index in [1.807, 2.05) is 0 Å². The monoisotopic (exact) mass is 337 g/mol. The van der Waals surface area contributed by atoms with Crippen molar-refractivity contribution in [1.82, 2.24) is 20.5 Å². The molecule has 0 radical (unpaired) electrons. The van der Waals surface area contributed by atoms with Gasteiger partial charge in [-0.05, 0) is 46.7 Å². The van der Waals surface area contributed by atoms with Crippen LogP contribution >= 0.6 is 11.3 Å². The third-order valence-electron chi connectivity index (χ3n) is 4.45. The zero-order valence-electron chi connectivity index (χ0n) is 15.0. The molecular formula is C17H31N5S. The lowest BCUT2D eigenvalue weighted by Crippen LogP contribution is -2.49. The van der Waals surface area contributed by atoms with Crippen LogP contribution < -0.4 is 10.6 Å². The molecule has 1 saturated heterocycles. The highest BCUT2D eigenvalue weighted by Crippen LogP contribution is 2.17. The van der Waals surface area contributed by atoms with E-state index in [1.54, 1.807) is 11.3 Å². The van der Waals surface area contributed by atoms with Gasteiger partial charge in [0, 0.05) is 24.0 Å². The molecule has 1 aromatic heterocycles. The number of nitrogens with zero attached hydrogens (tertiary/aromatic N) is 3. The van der Waals surface area contributed by atoms with Crippen LogP contribution in [0.1, 0.15) is 48.7 Å². The van der Waals surface area contributed by atoms with Crippen LogP contribution in [-0.2, 0) is 6.54 Å². The molecule has 1 unspecified atom stereocenters. The van der Waals surface area contributed by atoms with Crippen LogP contribution in [-0.4, -0.2) is 48.1 Å². The van der Waals surface area contributed by atoms with Gasteiger partial charge in [-0.2, -0.15) is 0 Å². The lowest BCUT2D eigenvalue weighted by atomic mass is 10.0. The van der Waals surface area contributed by atoms with Gasteiger partial charge < -0.3 is 10.6 Å². The first-order valence-electron chi connectivity index (χ1n) is 8.83. The van der Waals surface area contributed by atoms with Crippen LogP contribution in [0.2, 0.25) is 0 Å². The number of hydrogen-bond donors (Lipinski definition) is 2. The molecule has 130 valence electrons. The van der Waals surface area contributed by atoms with Crippen LogP contribution in [0.25, 0.3) is 0 Å². The topological polar surface area (TPSA) is 52.6 Å². The van der Waals surface area contributed by atoms with E-state index in [0.717, 1.165) is 36.3 Å². The molecule has 2 rings (SSSR count). The van der Waals surface area contributed by atoms with Crippen molar-refractivity contribution in [2.45, 2.75) is 59.5 Å². The predicted octanol–water partition coefficient (Wildman–Crippen LogP) is 2.69. The maximum absolute atomic E-state index is 4.70. The van der Waals surface area contributed by atoms with E-state index < -0.39 is 0 Å². The maximum atomic E-state index is 4.70. The Hall–Kier alpha value is -1.14. The molecule has 0 aromatic carbocycles. The molecule has 0 aliphatic carbocycles. The Morgan fingerprint density at radius 2 is 2.13 bits per heavy atom. The molecule has 0 bridgehead atoms. The number of hydrogen-bond acceptors (Lipinski definition) is 4. The van der Waals surface area contributed by atoms with Crippen molar-refractivity contribution in [3.05, 3.63) is 15.6 Å². The Bertz CT molecular complexity index is 492. The summed E-state index contributed by atoms with van der Waals surface area (Å²) in [6, 6.07) is 0.627. The minimum Gasteiger partial charge on any atom is -0.357 e. The van der Waals surface area contributed by atoms with Gasteiger partial charge in [0.15, 0.2) is 5.96 Å². The van der Waals surface area contributed by atoms with E-state index in [-0.39, 0.29) is 0 Å². The van der Waals surface area contributed by atoms with E-state index in [9.17, 15) is 0 Å². The second-order valence-electron chi connectivity index (χ2n) is 6.10. The fourth-order valence-electron chi connectivity index (χ4n) is 3.02. The first-order chi connectivity index (χ1) is 11.1. The maximum Gasteiger partial charge on any atom is 0.191 e. The highest BCUT2D eigenvalue weighted by Gasteiger charge is 2.20. The summed E-state index contributed by atoms with van der Waals surface area (Å²) in [7, 11) is 0. The Morgan fingerprint density at radius 3 is 2.78 bits per heavy atom. The van der Waals surface area contributed by atoms with Crippen LogP contribution in [0.15, 0.2) is 4.99 Å². The lowest BCUT2D eigenvalue weighted by molar-refractivity contribution is 0.157. The molecule has 1 atom stereocenters. The largest absolute Gasteiger partial charge is 0.357 e. The summed E-state index contributed by atoms with van der Waals surface area (Å²) in [6.07, 6.45) is 3.96. The third-order valence-corrected chi connectivity index (χ3v) is 5.51. The molecule has 1 fully saturated rings. The normalized spacial score (nSPS) is 19.8. The molecule has 1 aromatic rings. The van der Waals surface area contributed by atoms with Crippen molar-refractivity contribution in [2.24, 2.45) is 4.99 Å². The number of aliphatic imine (C=N–C) groups is 1. The Morgan fingerprint density at radius 1 is 1.30 bits per heavy atom. The van der Waals surface area contributed by atoms with Crippen LogP contribution in [0, 0.1) is 13.8 Å². The first kappa shape index (κ1) is 18.2. The minimum atomic E-state index is 0.627. The average Bonchev–Trinajstić information content (AvgIpc) is 2.88. The second kappa shape index (κ2) is 9.23. The number of guanidine groups is 1. The van der Waals surface area contributed by atoms with Crippen LogP contribution in [0.5, 0.6) is 0 Å². The summed E-state index contributed by atoms with van der Waals surface area (Å²) in [4.78, 5) is 13.1. The molecule has 0 spiro atoms. The summed E-state index contributed by atoms with van der Waals surface area (Å²) in [5.74, 6) is 0.902. The van der Waals surface area contributed by atoms with Crippen molar-refractivity contribution in [1.29, 1.82) is 0 Å². The van der Waals surface area contributed by atoms with E-state index in [2.05, 4.69) is 48.2 Å². The SMILES string of the molecule is CCNC(=NCc1nc(C)c(C)s1)NCC1CCCCN1CC. The molecule has 2 N–H and O–H groups in total. The fourth-order valence-corrected chi connectivity index (χ4v) is 3.88. The van der Waals surface area contributed by atoms with E-state index in [1.165, 1.54) is 30.7 Å². The molecule has 1 aliphatic rings. The van der Waals surface area contributed by atoms with E-state index >= 15 is 0 Å². The summed E-state index contributed by atoms with van der Waals surface area (Å²) in [5.41, 5.74) is 1.12. The Kier molecular flexibility index (Phi) is 7.30. The Balaban J connectivity index is 1.90. The Labute approximate surface area is 144 Å². The van der Waals surface area contributed by atoms with Crippen LogP contribution in [0.3, 0.4) is 0 Å². The smallest absolute Gasteiger partial charge is 0.191 e. The van der Waals surface area contributed by atoms with E-state index in [0.29, 0.717) is 12.6 Å². The number of nitrogens with one attached hydrogen (secondary N) is 2. The van der Waals surface area contributed by atoms with Gasteiger partial charge in [0.2, 0.25) is 0 Å². The minimum absolute atomic E-state index is 0.627. The van der Waals surface area contributed by atoms with Crippen molar-refractivity contribution < 1.29 is 0 Å². The van der Waals surface area contributed by atoms with Crippen molar-refractivity contribution >= 4 is 17.3 Å². The molecule has 2 heterocycles. The van der Waals surface area contributed by atoms with Gasteiger partial charge in [0.25, 0.3) is 0 Å². The predicted molar refractivity (Wildman–Crippen MR) is 99.3 cm³/mol. The number of piperidine rings is 1. The van der Waals surface area contributed by atoms with Gasteiger partial charge in [0.1, 0.15) is 5.01 Å². The van der Waals surface area contributed by atoms with Crippen molar-refractivity contribution in [3.8, 4) is 0 Å². The third kappa shape index (κ3) is 5.46. The number of thiazole rings is 1. The van der Waals surface area contributed by atoms with Crippen LogP contribution in [0.4, 0.5) is 0 Å². The van der Waals surface area contributed by atoms with Gasteiger partial charge in [0.05, 0.1) is 12.2 Å². The summed E-state index contributed by atoms with van der Waals surface area (Å²) in [6.45, 7) is 13.4. The standard InChI is InChI=1S/C17H31N5S/c1-5-18-17(20-12-16-21-13(3)14(4)23-16)19-11-15-9-7-8-10-22(15)6-2/h15H,5-12H2,1-4H3,(H2,18,19,20). The molecule has 0 amide bonds. The zero-order valence-corrected chi connectivity index (χ0v) is 15.8. The summed E-state index contributed by atoms with van der Waals surface area (Å²) in [5, 5.41) is 7.95. The molecule has 1 aliphatic heterocycles. The van der Waals surface area contributed by atoms with Crippen molar-refractivity contribution in [2.75, 3.05) is 26.2 Å². The van der Waals surface area contributed by atoms with Gasteiger partial charge >= 0.3 is 0 Å². The number of aromatic nitrogens is 1. The van der Waals surface area contributed by atoms with Gasteiger partial charge in [-0.3, -0.25) is 4.90 Å². The number of aryl methyl sites for hydroxylation is 2. The number of likely N-dealkylation sites (tertiary alicyclic amines) is 1. The first-order valence-corrected chi connectivity index (χ1v) is 9.64. The second-order valence-corrected chi connectivity index (χ2v) is 7.39. The van der Waals surface area contributed by atoms with E-state index in [4.69, 9.17) is 4.99 Å². The number of likely N-dealkylation sites (N-methyl/N-ethyl adjacent to an activating group) is 1. The zero-order chi connectivity index (χ0) is 16.7. The lowest BCUT2D eigenvalue weighted by Gasteiger charge is -2.35. The molecule has 23 heavy (non-hydrogen) atoms. The summed E-state index contributed by atoms with van der Waals surface area (Å²) >= 11 is 1.74. The molecule has 5 nitrogen and oxygen atoms in total. The molecule has 0 saturated carbocycles. The van der Waals surface area contributed by atoms with Gasteiger partial charge in [-0.15, -0.1) is 11.3 Å².